The highest BCUT2D eigenvalue weighted by Gasteiger charge is 2.14. The number of nitrogen functional groups attached to an aromatic ring is 2. The number of likely N-dealkylation sites (N-methyl/N-ethyl adjacent to an activating group) is 1. The van der Waals surface area contributed by atoms with E-state index < -0.39 is 13.0 Å². The lowest BCUT2D eigenvalue weighted by Gasteiger charge is -2.34. The van der Waals surface area contributed by atoms with Crippen LogP contribution in [0.1, 0.15) is 5.48 Å². The number of nitrogens with two attached hydrogens (primary N) is 2. The molecule has 1 aliphatic rings. The molecule has 0 bridgehead atoms. The number of anilines is 3. The van der Waals surface area contributed by atoms with Crippen molar-refractivity contribution in [3.8, 4) is 0 Å². The predicted octanol–water partition coefficient (Wildman–Crippen LogP) is 0.603. The van der Waals surface area contributed by atoms with Crippen LogP contribution in [0.15, 0.2) is 18.2 Å². The topological polar surface area (TPSA) is 58.5 Å². The van der Waals surface area contributed by atoms with Crippen molar-refractivity contribution in [2.24, 2.45) is 0 Å². The van der Waals surface area contributed by atoms with E-state index in [1.807, 2.05) is 0 Å². The Labute approximate surface area is 96.1 Å². The Balaban J connectivity index is 2.47. The van der Waals surface area contributed by atoms with E-state index in [0.29, 0.717) is 17.1 Å². The third-order valence-electron chi connectivity index (χ3n) is 2.33. The molecule has 0 aromatic heterocycles. The largest absolute Gasteiger partial charge is 0.397 e. The second-order valence-corrected chi connectivity index (χ2v) is 3.64. The quantitative estimate of drug-likeness (QED) is 0.667. The maximum Gasteiger partial charge on any atom is 0.0568 e. The summed E-state index contributed by atoms with van der Waals surface area (Å²) in [6, 6.07) is 4.66. The number of nitrogens with zero attached hydrogens (tertiary/aromatic N) is 2. The van der Waals surface area contributed by atoms with Gasteiger partial charge in [-0.15, -0.1) is 0 Å². The van der Waals surface area contributed by atoms with Crippen LogP contribution in [0.5, 0.6) is 0 Å². The summed E-state index contributed by atoms with van der Waals surface area (Å²) in [5, 5.41) is 0. The van der Waals surface area contributed by atoms with Crippen LogP contribution in [0.25, 0.3) is 0 Å². The average Bonchev–Trinajstić information content (AvgIpc) is 2.19. The minimum atomic E-state index is -1.82. The van der Waals surface area contributed by atoms with Crippen LogP contribution in [0.2, 0.25) is 0 Å². The van der Waals surface area contributed by atoms with Crippen LogP contribution in [0.4, 0.5) is 17.1 Å². The molecule has 1 aromatic rings. The maximum absolute atomic E-state index is 8.07. The third-order valence-corrected chi connectivity index (χ3v) is 2.33. The monoisotopic (exact) mass is 210 g/mol. The van der Waals surface area contributed by atoms with Crippen molar-refractivity contribution >= 4 is 17.1 Å². The molecule has 1 aliphatic heterocycles. The molecule has 82 valence electrons. The first-order valence-electron chi connectivity index (χ1n) is 6.77. The van der Waals surface area contributed by atoms with Crippen molar-refractivity contribution in [3.05, 3.63) is 18.2 Å². The van der Waals surface area contributed by atoms with E-state index in [4.69, 9.17) is 17.0 Å². The summed E-state index contributed by atoms with van der Waals surface area (Å²) in [6.45, 7) is -3.40. The number of hydrogen-bond acceptors (Lipinski definition) is 4. The molecular formula is C11H18N4. The molecule has 1 fully saturated rings. The van der Waals surface area contributed by atoms with Crippen LogP contribution in [0, 0.1) is 0 Å². The average molecular weight is 210 g/mol. The van der Waals surface area contributed by atoms with Crippen LogP contribution in [-0.2, 0) is 0 Å². The Morgan fingerprint density at radius 1 is 1.20 bits per heavy atom. The van der Waals surface area contributed by atoms with Gasteiger partial charge in [0, 0.05) is 31.8 Å². The smallest absolute Gasteiger partial charge is 0.0568 e. The Kier molecular flexibility index (Phi) is 1.65. The molecule has 0 unspecified atom stereocenters. The van der Waals surface area contributed by atoms with Gasteiger partial charge in [0.15, 0.2) is 0 Å². The van der Waals surface area contributed by atoms with Crippen molar-refractivity contribution in [1.82, 2.24) is 4.90 Å². The fraction of sp³-hybridized carbons (Fsp3) is 0.455. The molecule has 1 heterocycles. The van der Waals surface area contributed by atoms with Gasteiger partial charge in [-0.1, -0.05) is 0 Å². The molecule has 0 spiro atoms. The minimum Gasteiger partial charge on any atom is -0.397 e. The molecule has 15 heavy (non-hydrogen) atoms. The summed E-state index contributed by atoms with van der Waals surface area (Å²) in [7, 11) is 1.70. The minimum absolute atomic E-state index is 0.122. The molecule has 0 aliphatic carbocycles. The molecule has 0 saturated carbocycles. The number of benzene rings is 1. The Morgan fingerprint density at radius 2 is 1.87 bits per heavy atom. The maximum atomic E-state index is 8.07. The van der Waals surface area contributed by atoms with Crippen molar-refractivity contribution < 1.29 is 5.48 Å². The van der Waals surface area contributed by atoms with Crippen molar-refractivity contribution in [2.75, 3.05) is 49.5 Å². The molecule has 4 N–H and O–H groups in total. The zero-order valence-electron chi connectivity index (χ0n) is 12.7. The highest BCUT2D eigenvalue weighted by Crippen LogP contribution is 2.23. The Morgan fingerprint density at radius 3 is 2.47 bits per heavy atom. The molecule has 4 heteroatoms. The van der Waals surface area contributed by atoms with Gasteiger partial charge in [-0.2, -0.15) is 0 Å². The molecule has 4 nitrogen and oxygen atoms in total. The number of hydrogen-bond donors (Lipinski definition) is 2. The molecular weight excluding hydrogens is 188 g/mol. The van der Waals surface area contributed by atoms with E-state index in [-0.39, 0.29) is 13.1 Å². The first-order chi connectivity index (χ1) is 8.63. The zero-order valence-corrected chi connectivity index (χ0v) is 8.70. The predicted molar refractivity (Wildman–Crippen MR) is 65.0 cm³/mol. The Bertz CT molecular complexity index is 474. The summed E-state index contributed by atoms with van der Waals surface area (Å²) in [6.07, 6.45) is 0. The normalized spacial score (nSPS) is 28.7. The highest BCUT2D eigenvalue weighted by atomic mass is 15.2. The summed E-state index contributed by atoms with van der Waals surface area (Å²) >= 11 is 0. The Hall–Kier alpha value is -1.42. The van der Waals surface area contributed by atoms with Gasteiger partial charge in [-0.3, -0.25) is 0 Å². The van der Waals surface area contributed by atoms with E-state index in [0.717, 1.165) is 4.90 Å². The van der Waals surface area contributed by atoms with Crippen molar-refractivity contribution in [2.45, 2.75) is 0 Å². The highest BCUT2D eigenvalue weighted by molar-refractivity contribution is 5.69. The van der Waals surface area contributed by atoms with Gasteiger partial charge in [0.25, 0.3) is 0 Å². The zero-order chi connectivity index (χ0) is 14.4. The lowest BCUT2D eigenvalue weighted by Crippen LogP contribution is -2.44. The van der Waals surface area contributed by atoms with Gasteiger partial charge in [-0.25, -0.2) is 0 Å². The van der Waals surface area contributed by atoms with Crippen molar-refractivity contribution in [1.29, 1.82) is 0 Å². The second kappa shape index (κ2) is 3.98. The molecule has 2 rings (SSSR count). The van der Waals surface area contributed by atoms with E-state index in [9.17, 15) is 0 Å². The first kappa shape index (κ1) is 6.23. The SMILES string of the molecule is [2H]C1([2H])CN(C)CC([2H])([2H])N1c1ccc(N)c(N)c1. The van der Waals surface area contributed by atoms with Gasteiger partial charge in [-0.05, 0) is 25.2 Å². The molecule has 1 saturated heterocycles. The fourth-order valence-electron chi connectivity index (χ4n) is 1.38. The number of piperazine rings is 1. The molecule has 0 amide bonds. The lowest BCUT2D eigenvalue weighted by molar-refractivity contribution is 0.313. The molecule has 0 radical (unpaired) electrons. The standard InChI is InChI=1S/C11H18N4/c1-14-4-6-15(7-5-14)9-2-3-10(12)11(13)8-9/h2-3,8H,4-7,12-13H2,1H3/i6D2,7D2. The van der Waals surface area contributed by atoms with Gasteiger partial charge < -0.3 is 21.3 Å². The van der Waals surface area contributed by atoms with E-state index in [2.05, 4.69) is 0 Å². The van der Waals surface area contributed by atoms with Gasteiger partial charge in [0.2, 0.25) is 0 Å². The fourth-order valence-corrected chi connectivity index (χ4v) is 1.38. The first-order valence-corrected chi connectivity index (χ1v) is 4.77. The third kappa shape index (κ3) is 2.15. The van der Waals surface area contributed by atoms with Crippen LogP contribution >= 0.6 is 0 Å². The second-order valence-electron chi connectivity index (χ2n) is 3.64. The van der Waals surface area contributed by atoms with Gasteiger partial charge >= 0.3 is 0 Å². The lowest BCUT2D eigenvalue weighted by atomic mass is 10.2. The summed E-state index contributed by atoms with van der Waals surface area (Å²) in [5.41, 5.74) is 12.5. The van der Waals surface area contributed by atoms with E-state index in [1.54, 1.807) is 24.1 Å². The summed E-state index contributed by atoms with van der Waals surface area (Å²) < 4.78 is 32.3. The van der Waals surface area contributed by atoms with E-state index in [1.165, 1.54) is 6.07 Å². The van der Waals surface area contributed by atoms with Crippen LogP contribution < -0.4 is 16.4 Å². The van der Waals surface area contributed by atoms with Gasteiger partial charge in [0.1, 0.15) is 0 Å². The van der Waals surface area contributed by atoms with Gasteiger partial charge in [0.05, 0.1) is 16.9 Å². The van der Waals surface area contributed by atoms with E-state index >= 15 is 0 Å². The molecule has 0 atom stereocenters. The molecule has 1 aromatic carbocycles. The van der Waals surface area contributed by atoms with Crippen LogP contribution in [0.3, 0.4) is 0 Å². The number of rotatable bonds is 1. The van der Waals surface area contributed by atoms with Crippen molar-refractivity contribution in [3.63, 3.8) is 0 Å². The summed E-state index contributed by atoms with van der Waals surface area (Å²) in [4.78, 5) is 2.77. The summed E-state index contributed by atoms with van der Waals surface area (Å²) in [5.74, 6) is 0. The van der Waals surface area contributed by atoms with Crippen LogP contribution in [-0.4, -0.2) is 38.0 Å².